The van der Waals surface area contributed by atoms with Gasteiger partial charge in [0.25, 0.3) is 0 Å². The second-order valence-electron chi connectivity index (χ2n) is 1.01. The minimum Gasteiger partial charge on any atom is -0.243 e. The molecule has 1 rings (SSSR count). The second kappa shape index (κ2) is 1.05. The average Bonchev–Trinajstić information content (AvgIpc) is 1.86. The van der Waals surface area contributed by atoms with Gasteiger partial charge in [0.2, 0.25) is 0 Å². The van der Waals surface area contributed by atoms with Gasteiger partial charge in [-0.1, -0.05) is 6.58 Å². The molecule has 0 aromatic rings. The molecule has 1 aliphatic heterocycles. The largest absolute Gasteiger partial charge is 0.243 e. The number of aliphatic imine (C=N–C) groups is 2. The van der Waals surface area contributed by atoms with Gasteiger partial charge >= 0.3 is 0 Å². The minimum absolute atomic E-state index is 0.731. The molecule has 0 bridgehead atoms. The predicted octanol–water partition coefficient (Wildman–Crippen LogP) is 0.613. The fraction of sp³-hybridized carbons (Fsp3) is 0. The average molecular weight is 80.1 g/mol. The third-order valence-corrected chi connectivity index (χ3v) is 0.514. The summed E-state index contributed by atoms with van der Waals surface area (Å²) in [6.45, 7) is 3.51. The highest BCUT2D eigenvalue weighted by Crippen LogP contribution is 1.90. The van der Waals surface area contributed by atoms with Crippen LogP contribution in [0.3, 0.4) is 0 Å². The molecule has 0 aromatic heterocycles. The van der Waals surface area contributed by atoms with Crippen LogP contribution in [0.1, 0.15) is 0 Å². The van der Waals surface area contributed by atoms with Crippen LogP contribution >= 0.6 is 0 Å². The SMILES string of the molecule is C=C1C=NC=N1. The summed E-state index contributed by atoms with van der Waals surface area (Å²) in [7, 11) is 0. The second-order valence-corrected chi connectivity index (χ2v) is 1.01. The Kier molecular flexibility index (Phi) is 0.572. The summed E-state index contributed by atoms with van der Waals surface area (Å²) in [6, 6.07) is 0. The molecule has 2 nitrogen and oxygen atoms in total. The Hall–Kier alpha value is -0.920. The van der Waals surface area contributed by atoms with Crippen LogP contribution in [0.25, 0.3) is 0 Å². The number of hydrogen-bond donors (Lipinski definition) is 0. The van der Waals surface area contributed by atoms with E-state index in [0.717, 1.165) is 5.70 Å². The smallest absolute Gasteiger partial charge is 0.116 e. The van der Waals surface area contributed by atoms with Gasteiger partial charge < -0.3 is 0 Å². The van der Waals surface area contributed by atoms with Crippen LogP contribution in [0.4, 0.5) is 0 Å². The maximum atomic E-state index is 3.69. The summed E-state index contributed by atoms with van der Waals surface area (Å²) in [5.41, 5.74) is 0.731. The summed E-state index contributed by atoms with van der Waals surface area (Å²) < 4.78 is 0. The first kappa shape index (κ1) is 3.28. The molecule has 0 N–H and O–H groups in total. The fourth-order valence-electron chi connectivity index (χ4n) is 0.260. The van der Waals surface area contributed by atoms with Gasteiger partial charge in [-0.3, -0.25) is 0 Å². The van der Waals surface area contributed by atoms with Gasteiger partial charge in [0.15, 0.2) is 0 Å². The molecule has 0 saturated carbocycles. The van der Waals surface area contributed by atoms with Crippen molar-refractivity contribution in [3.63, 3.8) is 0 Å². The van der Waals surface area contributed by atoms with E-state index in [1.165, 1.54) is 6.34 Å². The van der Waals surface area contributed by atoms with Crippen molar-refractivity contribution in [2.75, 3.05) is 0 Å². The normalized spacial score (nSPS) is 17.0. The monoisotopic (exact) mass is 80.0 g/mol. The van der Waals surface area contributed by atoms with Gasteiger partial charge in [0, 0.05) is 0 Å². The van der Waals surface area contributed by atoms with E-state index in [2.05, 4.69) is 16.6 Å². The Morgan fingerprint density at radius 2 is 2.50 bits per heavy atom. The molecule has 0 radical (unpaired) electrons. The van der Waals surface area contributed by atoms with Crippen molar-refractivity contribution >= 4 is 12.6 Å². The van der Waals surface area contributed by atoms with Crippen molar-refractivity contribution in [3.8, 4) is 0 Å². The first-order valence-electron chi connectivity index (χ1n) is 1.64. The van der Waals surface area contributed by atoms with Gasteiger partial charge in [0.05, 0.1) is 11.9 Å². The van der Waals surface area contributed by atoms with Gasteiger partial charge in [-0.05, 0) is 0 Å². The molecule has 0 atom stereocenters. The van der Waals surface area contributed by atoms with Gasteiger partial charge in [-0.25, -0.2) is 9.98 Å². The van der Waals surface area contributed by atoms with E-state index in [0.29, 0.717) is 0 Å². The van der Waals surface area contributed by atoms with Crippen LogP contribution in [0, 0.1) is 0 Å². The van der Waals surface area contributed by atoms with Crippen LogP contribution in [0.15, 0.2) is 22.3 Å². The Morgan fingerprint density at radius 1 is 1.67 bits per heavy atom. The fourth-order valence-corrected chi connectivity index (χ4v) is 0.260. The molecule has 0 amide bonds. The van der Waals surface area contributed by atoms with Gasteiger partial charge in [-0.2, -0.15) is 0 Å². The maximum absolute atomic E-state index is 3.69. The van der Waals surface area contributed by atoms with Gasteiger partial charge in [0.1, 0.15) is 6.34 Å². The molecular weight excluding hydrogens is 76.1 g/mol. The lowest BCUT2D eigenvalue weighted by Crippen LogP contribution is -1.62. The van der Waals surface area contributed by atoms with Crippen LogP contribution in [0.2, 0.25) is 0 Å². The van der Waals surface area contributed by atoms with Crippen molar-refractivity contribution in [1.29, 1.82) is 0 Å². The lowest BCUT2D eigenvalue weighted by atomic mass is 10.6. The molecule has 0 aliphatic carbocycles. The van der Waals surface area contributed by atoms with E-state index < -0.39 is 0 Å². The Bertz CT molecular complexity index is 108. The zero-order valence-electron chi connectivity index (χ0n) is 3.26. The predicted molar refractivity (Wildman–Crippen MR) is 26.1 cm³/mol. The van der Waals surface area contributed by atoms with E-state index >= 15 is 0 Å². The number of rotatable bonds is 0. The van der Waals surface area contributed by atoms with E-state index in [1.54, 1.807) is 6.21 Å². The first-order valence-corrected chi connectivity index (χ1v) is 1.64. The van der Waals surface area contributed by atoms with Gasteiger partial charge in [-0.15, -0.1) is 0 Å². The molecule has 1 heterocycles. The first-order chi connectivity index (χ1) is 2.89. The lowest BCUT2D eigenvalue weighted by molar-refractivity contribution is 1.56. The lowest BCUT2D eigenvalue weighted by Gasteiger charge is -1.68. The molecule has 0 saturated heterocycles. The van der Waals surface area contributed by atoms with Crippen molar-refractivity contribution in [2.45, 2.75) is 0 Å². The zero-order chi connectivity index (χ0) is 4.41. The molecule has 6 heavy (non-hydrogen) atoms. The third kappa shape index (κ3) is 0.360. The molecule has 0 aromatic carbocycles. The van der Waals surface area contributed by atoms with Crippen LogP contribution in [-0.4, -0.2) is 12.6 Å². The summed E-state index contributed by atoms with van der Waals surface area (Å²) in [4.78, 5) is 7.34. The van der Waals surface area contributed by atoms with E-state index in [1.807, 2.05) is 0 Å². The number of hydrogen-bond acceptors (Lipinski definition) is 2. The van der Waals surface area contributed by atoms with Crippen LogP contribution in [-0.2, 0) is 0 Å². The van der Waals surface area contributed by atoms with E-state index in [9.17, 15) is 0 Å². The third-order valence-electron chi connectivity index (χ3n) is 0.514. The topological polar surface area (TPSA) is 24.7 Å². The number of allylic oxidation sites excluding steroid dienone is 1. The van der Waals surface area contributed by atoms with Crippen molar-refractivity contribution in [3.05, 3.63) is 12.3 Å². The molecular formula is C4H4N2. The quantitative estimate of drug-likeness (QED) is 0.407. The number of nitrogens with zero attached hydrogens (tertiary/aromatic N) is 2. The molecule has 30 valence electrons. The zero-order valence-corrected chi connectivity index (χ0v) is 3.26. The Labute approximate surface area is 35.9 Å². The van der Waals surface area contributed by atoms with Crippen molar-refractivity contribution in [2.24, 2.45) is 9.98 Å². The van der Waals surface area contributed by atoms with E-state index in [-0.39, 0.29) is 0 Å². The Balaban J connectivity index is 2.86. The molecule has 0 fully saturated rings. The molecule has 1 aliphatic rings. The van der Waals surface area contributed by atoms with Crippen LogP contribution < -0.4 is 0 Å². The standard InChI is InChI=1S/C4H4N2/c1-4-2-5-3-6-4/h2-3H,1H2. The highest BCUT2D eigenvalue weighted by Gasteiger charge is 1.83. The van der Waals surface area contributed by atoms with Crippen molar-refractivity contribution in [1.82, 2.24) is 0 Å². The molecule has 0 spiro atoms. The molecule has 0 unspecified atom stereocenters. The van der Waals surface area contributed by atoms with Crippen LogP contribution in [0.5, 0.6) is 0 Å². The summed E-state index contributed by atoms with van der Waals surface area (Å²) in [5.74, 6) is 0. The maximum Gasteiger partial charge on any atom is 0.116 e. The highest BCUT2D eigenvalue weighted by molar-refractivity contribution is 5.90. The van der Waals surface area contributed by atoms with Crippen molar-refractivity contribution < 1.29 is 0 Å². The summed E-state index contributed by atoms with van der Waals surface area (Å²) >= 11 is 0. The Morgan fingerprint density at radius 3 is 2.67 bits per heavy atom. The summed E-state index contributed by atoms with van der Waals surface area (Å²) in [6.07, 6.45) is 3.09. The highest BCUT2D eigenvalue weighted by atomic mass is 14.9. The molecule has 2 heteroatoms. The minimum atomic E-state index is 0.731. The van der Waals surface area contributed by atoms with E-state index in [4.69, 9.17) is 0 Å². The summed E-state index contributed by atoms with van der Waals surface area (Å²) in [5, 5.41) is 0.